The van der Waals surface area contributed by atoms with E-state index in [-0.39, 0.29) is 4.83 Å². The van der Waals surface area contributed by atoms with Crippen molar-refractivity contribution in [2.75, 3.05) is 0 Å². The highest BCUT2D eigenvalue weighted by Gasteiger charge is 2.14. The fourth-order valence-corrected chi connectivity index (χ4v) is 1.42. The number of rotatable bonds is 0. The van der Waals surface area contributed by atoms with Gasteiger partial charge in [-0.1, -0.05) is 22.0 Å². The molecule has 0 aromatic carbocycles. The van der Waals surface area contributed by atoms with Crippen molar-refractivity contribution in [3.63, 3.8) is 0 Å². The Morgan fingerprint density at radius 2 is 2.40 bits per heavy atom. The maximum absolute atomic E-state index is 4.10. The number of nitrogens with zero attached hydrogens (tertiary/aromatic N) is 2. The number of pyridine rings is 1. The van der Waals surface area contributed by atoms with Gasteiger partial charge in [-0.2, -0.15) is 0 Å². The molecule has 1 unspecified atom stereocenters. The molecule has 1 atom stereocenters. The molecule has 1 aromatic heterocycles. The van der Waals surface area contributed by atoms with Gasteiger partial charge >= 0.3 is 0 Å². The fraction of sp³-hybridized carbons (Fsp3) is 0.143. The van der Waals surface area contributed by atoms with Crippen LogP contribution in [0, 0.1) is 0 Å². The van der Waals surface area contributed by atoms with Crippen molar-refractivity contribution in [3.05, 3.63) is 23.9 Å². The van der Waals surface area contributed by atoms with E-state index in [0.717, 1.165) is 11.4 Å². The van der Waals surface area contributed by atoms with E-state index in [1.807, 2.05) is 18.3 Å². The molecule has 0 radical (unpaired) electrons. The minimum atomic E-state index is 0.260. The molecule has 10 heavy (non-hydrogen) atoms. The summed E-state index contributed by atoms with van der Waals surface area (Å²) in [5.74, 6) is 0.837. The van der Waals surface area contributed by atoms with Crippen LogP contribution in [-0.2, 0) is 0 Å². The molecular weight excluding hydrogens is 192 g/mol. The molecule has 0 spiro atoms. The lowest BCUT2D eigenvalue weighted by molar-refractivity contribution is 1.25. The van der Waals surface area contributed by atoms with Crippen molar-refractivity contribution in [1.82, 2.24) is 4.98 Å². The fourth-order valence-electron chi connectivity index (χ4n) is 0.949. The Morgan fingerprint density at radius 3 is 3.20 bits per heavy atom. The first-order chi connectivity index (χ1) is 4.88. The van der Waals surface area contributed by atoms with E-state index < -0.39 is 0 Å². The first kappa shape index (κ1) is 6.04. The summed E-state index contributed by atoms with van der Waals surface area (Å²) in [6, 6.07) is 3.94. The van der Waals surface area contributed by atoms with E-state index >= 15 is 0 Å². The Morgan fingerprint density at radius 1 is 1.50 bits per heavy atom. The van der Waals surface area contributed by atoms with Gasteiger partial charge in [0.25, 0.3) is 0 Å². The highest BCUT2D eigenvalue weighted by Crippen LogP contribution is 2.33. The molecule has 1 aliphatic heterocycles. The average molecular weight is 197 g/mol. The molecule has 2 rings (SSSR count). The number of aliphatic imine (C=N–C) groups is 1. The molecule has 0 aliphatic carbocycles. The largest absolute Gasteiger partial charge is 0.240 e. The second-order valence-corrected chi connectivity index (χ2v) is 3.08. The van der Waals surface area contributed by atoms with E-state index in [1.54, 1.807) is 6.20 Å². The Balaban J connectivity index is 2.59. The Bertz CT molecular complexity index is 283. The highest BCUT2D eigenvalue weighted by atomic mass is 79.9. The third kappa shape index (κ3) is 0.778. The van der Waals surface area contributed by atoms with Gasteiger partial charge in [-0.15, -0.1) is 0 Å². The van der Waals surface area contributed by atoms with Gasteiger partial charge in [-0.05, 0) is 6.07 Å². The first-order valence-corrected chi connectivity index (χ1v) is 3.92. The topological polar surface area (TPSA) is 25.2 Å². The van der Waals surface area contributed by atoms with E-state index in [1.165, 1.54) is 0 Å². The number of aromatic nitrogens is 1. The molecule has 2 nitrogen and oxygen atoms in total. The van der Waals surface area contributed by atoms with Crippen LogP contribution in [0.2, 0.25) is 0 Å². The van der Waals surface area contributed by atoms with Crippen LogP contribution in [-0.4, -0.2) is 11.2 Å². The molecular formula is C7H5BrN2. The van der Waals surface area contributed by atoms with Gasteiger partial charge in [0.2, 0.25) is 0 Å². The molecule has 50 valence electrons. The third-order valence-corrected chi connectivity index (χ3v) is 2.17. The predicted molar refractivity (Wildman–Crippen MR) is 44.1 cm³/mol. The highest BCUT2D eigenvalue weighted by molar-refractivity contribution is 9.09. The smallest absolute Gasteiger partial charge is 0.156 e. The van der Waals surface area contributed by atoms with Gasteiger partial charge in [0.05, 0.1) is 4.83 Å². The monoisotopic (exact) mass is 196 g/mol. The molecule has 0 saturated carbocycles. The normalized spacial score (nSPS) is 21.1. The van der Waals surface area contributed by atoms with Crippen LogP contribution < -0.4 is 0 Å². The van der Waals surface area contributed by atoms with Gasteiger partial charge < -0.3 is 0 Å². The molecule has 1 aliphatic rings. The molecule has 0 fully saturated rings. The Hall–Kier alpha value is -0.700. The quantitative estimate of drug-likeness (QED) is 0.585. The second kappa shape index (κ2) is 2.16. The van der Waals surface area contributed by atoms with Crippen LogP contribution >= 0.6 is 15.9 Å². The maximum atomic E-state index is 4.10. The zero-order valence-electron chi connectivity index (χ0n) is 5.16. The molecule has 0 N–H and O–H groups in total. The zero-order chi connectivity index (χ0) is 6.97. The first-order valence-electron chi connectivity index (χ1n) is 3.01. The maximum Gasteiger partial charge on any atom is 0.156 e. The lowest BCUT2D eigenvalue weighted by atomic mass is 10.2. The van der Waals surface area contributed by atoms with E-state index in [9.17, 15) is 0 Å². The van der Waals surface area contributed by atoms with Crippen LogP contribution in [0.1, 0.15) is 10.4 Å². The van der Waals surface area contributed by atoms with Crippen molar-refractivity contribution in [1.29, 1.82) is 0 Å². The summed E-state index contributed by atoms with van der Waals surface area (Å²) in [5, 5.41) is 0. The van der Waals surface area contributed by atoms with E-state index in [0.29, 0.717) is 0 Å². The van der Waals surface area contributed by atoms with Crippen LogP contribution in [0.25, 0.3) is 0 Å². The summed E-state index contributed by atoms with van der Waals surface area (Å²) in [7, 11) is 0. The zero-order valence-corrected chi connectivity index (χ0v) is 6.75. The van der Waals surface area contributed by atoms with Gasteiger partial charge in [0, 0.05) is 18.0 Å². The summed E-state index contributed by atoms with van der Waals surface area (Å²) >= 11 is 3.45. The number of halogens is 1. The summed E-state index contributed by atoms with van der Waals surface area (Å²) in [5.41, 5.74) is 1.16. The van der Waals surface area contributed by atoms with Crippen LogP contribution in [0.4, 0.5) is 5.82 Å². The summed E-state index contributed by atoms with van der Waals surface area (Å²) in [4.78, 5) is 8.44. The molecule has 0 amide bonds. The van der Waals surface area contributed by atoms with Gasteiger partial charge in [0.15, 0.2) is 5.82 Å². The van der Waals surface area contributed by atoms with E-state index in [2.05, 4.69) is 25.9 Å². The minimum absolute atomic E-state index is 0.260. The summed E-state index contributed by atoms with van der Waals surface area (Å²) in [6.45, 7) is 0. The van der Waals surface area contributed by atoms with Crippen molar-refractivity contribution in [3.8, 4) is 0 Å². The lowest BCUT2D eigenvalue weighted by Gasteiger charge is -1.96. The van der Waals surface area contributed by atoms with Crippen molar-refractivity contribution in [2.45, 2.75) is 4.83 Å². The number of alkyl halides is 1. The molecule has 0 saturated heterocycles. The molecule has 1 aromatic rings. The number of fused-ring (bicyclic) bond motifs is 1. The second-order valence-electron chi connectivity index (χ2n) is 2.10. The van der Waals surface area contributed by atoms with Crippen molar-refractivity contribution in [2.24, 2.45) is 4.99 Å². The minimum Gasteiger partial charge on any atom is -0.240 e. The molecule has 2 heterocycles. The van der Waals surface area contributed by atoms with Crippen LogP contribution in [0.5, 0.6) is 0 Å². The summed E-state index contributed by atoms with van der Waals surface area (Å²) in [6.07, 6.45) is 3.60. The number of hydrogen-bond donors (Lipinski definition) is 0. The standard InChI is InChI=1S/C7H5BrN2/c8-6-4-10-7-5(6)2-1-3-9-7/h1-4,6H. The number of hydrogen-bond acceptors (Lipinski definition) is 2. The van der Waals surface area contributed by atoms with Crippen molar-refractivity contribution < 1.29 is 0 Å². The van der Waals surface area contributed by atoms with Gasteiger partial charge in [-0.3, -0.25) is 0 Å². The molecule has 3 heteroatoms. The van der Waals surface area contributed by atoms with Gasteiger partial charge in [0.1, 0.15) is 0 Å². The Kier molecular flexibility index (Phi) is 1.31. The van der Waals surface area contributed by atoms with Crippen LogP contribution in [0.3, 0.4) is 0 Å². The van der Waals surface area contributed by atoms with Crippen molar-refractivity contribution >= 4 is 28.0 Å². The average Bonchev–Trinajstić information content (AvgIpc) is 2.34. The lowest BCUT2D eigenvalue weighted by Crippen LogP contribution is -1.83. The van der Waals surface area contributed by atoms with Crippen LogP contribution in [0.15, 0.2) is 23.3 Å². The third-order valence-electron chi connectivity index (χ3n) is 1.44. The SMILES string of the molecule is BrC1C=Nc2ncccc21. The molecule has 0 bridgehead atoms. The van der Waals surface area contributed by atoms with Gasteiger partial charge in [-0.25, -0.2) is 9.98 Å². The summed E-state index contributed by atoms with van der Waals surface area (Å²) < 4.78 is 0. The Labute approximate surface area is 67.1 Å². The predicted octanol–water partition coefficient (Wildman–Crippen LogP) is 2.23. The van der Waals surface area contributed by atoms with E-state index in [4.69, 9.17) is 0 Å².